The molecule has 0 bridgehead atoms. The molecular formula is C18H14FN3O4. The molecule has 0 radical (unpaired) electrons. The van der Waals surface area contributed by atoms with Crippen molar-refractivity contribution in [3.63, 3.8) is 0 Å². The summed E-state index contributed by atoms with van der Waals surface area (Å²) in [5, 5.41) is 13.4. The van der Waals surface area contributed by atoms with E-state index in [9.17, 15) is 24.1 Å². The average Bonchev–Trinajstić information content (AvgIpc) is 2.62. The third-order valence-electron chi connectivity index (χ3n) is 3.94. The fourth-order valence-corrected chi connectivity index (χ4v) is 2.69. The zero-order chi connectivity index (χ0) is 18.8. The van der Waals surface area contributed by atoms with Crippen molar-refractivity contribution in [3.05, 3.63) is 80.4 Å². The summed E-state index contributed by atoms with van der Waals surface area (Å²) in [6, 6.07) is 9.20. The zero-order valence-electron chi connectivity index (χ0n) is 13.7. The van der Waals surface area contributed by atoms with Gasteiger partial charge in [-0.05, 0) is 31.2 Å². The Morgan fingerprint density at radius 2 is 2.04 bits per heavy atom. The molecule has 0 fully saturated rings. The first-order chi connectivity index (χ1) is 12.4. The predicted molar refractivity (Wildman–Crippen MR) is 94.9 cm³/mol. The van der Waals surface area contributed by atoms with Gasteiger partial charge in [-0.25, -0.2) is 4.39 Å². The quantitative estimate of drug-likeness (QED) is 0.574. The number of carbonyl (C=O) groups is 1. The van der Waals surface area contributed by atoms with Crippen LogP contribution >= 0.6 is 0 Å². The van der Waals surface area contributed by atoms with Crippen LogP contribution in [0.5, 0.6) is 0 Å². The molecule has 3 rings (SSSR count). The van der Waals surface area contributed by atoms with Crippen molar-refractivity contribution < 1.29 is 14.1 Å². The van der Waals surface area contributed by atoms with Gasteiger partial charge in [0.05, 0.1) is 10.4 Å². The largest absolute Gasteiger partial charge is 0.347 e. The predicted octanol–water partition coefficient (Wildman–Crippen LogP) is 3.32. The molecule has 2 aromatic carbocycles. The minimum absolute atomic E-state index is 0.0959. The third kappa shape index (κ3) is 3.16. The summed E-state index contributed by atoms with van der Waals surface area (Å²) in [7, 11) is 0. The summed E-state index contributed by atoms with van der Waals surface area (Å²) in [6.07, 6.45) is 1.40. The molecule has 0 atom stereocenters. The van der Waals surface area contributed by atoms with Crippen LogP contribution in [0.3, 0.4) is 0 Å². The Balaban J connectivity index is 2.06. The number of nitro groups is 1. The summed E-state index contributed by atoms with van der Waals surface area (Å²) >= 11 is 0. The number of benzene rings is 2. The third-order valence-corrected chi connectivity index (χ3v) is 3.94. The molecule has 132 valence electrons. The number of aryl methyl sites for hydroxylation is 1. The zero-order valence-corrected chi connectivity index (χ0v) is 13.7. The second-order valence-corrected chi connectivity index (χ2v) is 5.58. The van der Waals surface area contributed by atoms with Crippen molar-refractivity contribution in [3.8, 4) is 0 Å². The molecule has 0 spiro atoms. The lowest BCUT2D eigenvalue weighted by molar-refractivity contribution is -0.384. The lowest BCUT2D eigenvalue weighted by Gasteiger charge is -2.12. The first kappa shape index (κ1) is 17.3. The van der Waals surface area contributed by atoms with E-state index in [1.807, 2.05) is 6.92 Å². The van der Waals surface area contributed by atoms with E-state index >= 15 is 0 Å². The van der Waals surface area contributed by atoms with Crippen LogP contribution in [0, 0.1) is 15.9 Å². The molecule has 1 amide bonds. The highest BCUT2D eigenvalue weighted by Gasteiger charge is 2.17. The highest BCUT2D eigenvalue weighted by Crippen LogP contribution is 2.18. The highest BCUT2D eigenvalue weighted by atomic mass is 19.1. The van der Waals surface area contributed by atoms with Gasteiger partial charge in [-0.3, -0.25) is 19.7 Å². The Labute approximate surface area is 146 Å². The lowest BCUT2D eigenvalue weighted by Crippen LogP contribution is -2.24. The van der Waals surface area contributed by atoms with Crippen LogP contribution in [-0.4, -0.2) is 15.4 Å². The Morgan fingerprint density at radius 1 is 1.27 bits per heavy atom. The van der Waals surface area contributed by atoms with E-state index in [4.69, 9.17) is 0 Å². The van der Waals surface area contributed by atoms with E-state index in [-0.39, 0.29) is 22.3 Å². The van der Waals surface area contributed by atoms with Gasteiger partial charge in [-0.2, -0.15) is 0 Å². The van der Waals surface area contributed by atoms with E-state index in [1.165, 1.54) is 42.6 Å². The number of non-ortho nitro benzene ring substituents is 1. The maximum Gasteiger partial charge on any atom is 0.271 e. The van der Waals surface area contributed by atoms with Gasteiger partial charge in [0.2, 0.25) is 5.43 Å². The molecule has 7 nitrogen and oxygen atoms in total. The summed E-state index contributed by atoms with van der Waals surface area (Å²) < 4.78 is 15.2. The molecule has 26 heavy (non-hydrogen) atoms. The van der Waals surface area contributed by atoms with Crippen LogP contribution in [0.2, 0.25) is 0 Å². The van der Waals surface area contributed by atoms with E-state index in [0.29, 0.717) is 12.1 Å². The smallest absolute Gasteiger partial charge is 0.271 e. The van der Waals surface area contributed by atoms with E-state index in [2.05, 4.69) is 5.32 Å². The second kappa shape index (κ2) is 6.75. The number of pyridine rings is 1. The highest BCUT2D eigenvalue weighted by molar-refractivity contribution is 6.05. The maximum absolute atomic E-state index is 13.5. The molecule has 0 aliphatic carbocycles. The Morgan fingerprint density at radius 3 is 2.73 bits per heavy atom. The van der Waals surface area contributed by atoms with Gasteiger partial charge >= 0.3 is 0 Å². The monoisotopic (exact) mass is 355 g/mol. The van der Waals surface area contributed by atoms with Crippen LogP contribution in [-0.2, 0) is 6.54 Å². The Kier molecular flexibility index (Phi) is 4.49. The van der Waals surface area contributed by atoms with Crippen LogP contribution in [0.15, 0.2) is 53.5 Å². The van der Waals surface area contributed by atoms with Crippen LogP contribution < -0.4 is 10.7 Å². The Bertz CT molecular complexity index is 1090. The Hall–Kier alpha value is -3.55. The van der Waals surface area contributed by atoms with Crippen LogP contribution in [0.1, 0.15) is 17.3 Å². The number of nitrogens with zero attached hydrogens (tertiary/aromatic N) is 2. The number of hydrogen-bond donors (Lipinski definition) is 1. The van der Waals surface area contributed by atoms with E-state index in [1.54, 1.807) is 4.57 Å². The van der Waals surface area contributed by atoms with Crippen LogP contribution in [0.25, 0.3) is 10.9 Å². The summed E-state index contributed by atoms with van der Waals surface area (Å²) in [6.45, 7) is 2.30. The number of fused-ring (bicyclic) bond motifs is 1. The number of carbonyl (C=O) groups excluding carboxylic acids is 1. The number of anilines is 1. The minimum atomic E-state index is -0.719. The maximum atomic E-state index is 13.5. The fourth-order valence-electron chi connectivity index (χ4n) is 2.69. The molecule has 1 aromatic heterocycles. The number of aromatic nitrogens is 1. The SMILES string of the molecule is CCn1cc(C(=O)Nc2cccc([N+](=O)[O-])c2)c(=O)c2cc(F)ccc21. The number of rotatable bonds is 4. The van der Waals surface area contributed by atoms with E-state index < -0.39 is 22.1 Å². The van der Waals surface area contributed by atoms with Crippen molar-refractivity contribution in [2.75, 3.05) is 5.32 Å². The molecular weight excluding hydrogens is 341 g/mol. The number of nitrogens with one attached hydrogen (secondary N) is 1. The van der Waals surface area contributed by atoms with Gasteiger partial charge < -0.3 is 9.88 Å². The molecule has 1 N–H and O–H groups in total. The molecule has 0 aliphatic rings. The molecule has 8 heteroatoms. The van der Waals surface area contributed by atoms with Gasteiger partial charge in [0.25, 0.3) is 11.6 Å². The number of halogens is 1. The van der Waals surface area contributed by atoms with E-state index in [0.717, 1.165) is 6.07 Å². The summed E-state index contributed by atoms with van der Waals surface area (Å²) in [5.74, 6) is -1.29. The molecule has 0 saturated heterocycles. The van der Waals surface area contributed by atoms with Gasteiger partial charge in [0.1, 0.15) is 11.4 Å². The van der Waals surface area contributed by atoms with Gasteiger partial charge in [0.15, 0.2) is 0 Å². The fraction of sp³-hybridized carbons (Fsp3) is 0.111. The summed E-state index contributed by atoms with van der Waals surface area (Å²) in [5.41, 5.74) is -0.255. The number of amides is 1. The standard InChI is InChI=1S/C18H14FN3O4/c1-2-21-10-15(17(23)14-8-11(19)6-7-16(14)21)18(24)20-12-4-3-5-13(9-12)22(25)26/h3-10H,2H2,1H3,(H,20,24). The second-order valence-electron chi connectivity index (χ2n) is 5.58. The number of hydrogen-bond acceptors (Lipinski definition) is 4. The van der Waals surface area contributed by atoms with Gasteiger partial charge in [0, 0.05) is 35.9 Å². The first-order valence-electron chi connectivity index (χ1n) is 7.79. The first-order valence-corrected chi connectivity index (χ1v) is 7.79. The number of nitro benzene ring substituents is 1. The molecule has 0 aliphatic heterocycles. The van der Waals surface area contributed by atoms with Crippen molar-refractivity contribution in [2.45, 2.75) is 13.5 Å². The average molecular weight is 355 g/mol. The topological polar surface area (TPSA) is 94.2 Å². The van der Waals surface area contributed by atoms with Crippen molar-refractivity contribution in [1.82, 2.24) is 4.57 Å². The van der Waals surface area contributed by atoms with Crippen molar-refractivity contribution >= 4 is 28.2 Å². The van der Waals surface area contributed by atoms with Gasteiger partial charge in [-0.1, -0.05) is 6.07 Å². The van der Waals surface area contributed by atoms with Crippen molar-refractivity contribution in [1.29, 1.82) is 0 Å². The van der Waals surface area contributed by atoms with Gasteiger partial charge in [-0.15, -0.1) is 0 Å². The van der Waals surface area contributed by atoms with Crippen LogP contribution in [0.4, 0.5) is 15.8 Å². The van der Waals surface area contributed by atoms with Crippen molar-refractivity contribution in [2.24, 2.45) is 0 Å². The normalized spacial score (nSPS) is 10.7. The molecule has 0 saturated carbocycles. The lowest BCUT2D eigenvalue weighted by atomic mass is 10.1. The molecule has 3 aromatic rings. The molecule has 0 unspecified atom stereocenters. The minimum Gasteiger partial charge on any atom is -0.347 e. The summed E-state index contributed by atoms with van der Waals surface area (Å²) in [4.78, 5) is 35.4. The molecule has 1 heterocycles.